The van der Waals surface area contributed by atoms with Crippen molar-refractivity contribution in [2.45, 2.75) is 26.8 Å². The van der Waals surface area contributed by atoms with Crippen LogP contribution in [0.4, 0.5) is 0 Å². The van der Waals surface area contributed by atoms with Crippen molar-refractivity contribution in [1.29, 1.82) is 0 Å². The van der Waals surface area contributed by atoms with Crippen LogP contribution in [-0.4, -0.2) is 44.1 Å². The number of aromatic nitrogens is 4. The lowest BCUT2D eigenvalue weighted by Crippen LogP contribution is -2.44. The molecule has 2 heterocycles. The average molecular weight is 334 g/mol. The van der Waals surface area contributed by atoms with Gasteiger partial charge in [-0.25, -0.2) is 0 Å². The Labute approximate surface area is 140 Å². The molecule has 0 bridgehead atoms. The molecule has 1 aliphatic rings. The van der Waals surface area contributed by atoms with Gasteiger partial charge in [0, 0.05) is 18.7 Å². The SMILES string of the molecule is C[C@@H]1C[C@H](C)CN(C(=O)Cn2nnc(-c3ccccc3Cl)n2)C1. The van der Waals surface area contributed by atoms with E-state index in [9.17, 15) is 4.79 Å². The Bertz CT molecular complexity index is 691. The molecular formula is C16H20ClN5O. The Morgan fingerprint density at radius 3 is 2.65 bits per heavy atom. The molecule has 2 aromatic rings. The van der Waals surface area contributed by atoms with Crippen LogP contribution < -0.4 is 0 Å². The zero-order chi connectivity index (χ0) is 16.4. The van der Waals surface area contributed by atoms with Crippen LogP contribution in [0.2, 0.25) is 5.02 Å². The molecule has 0 N–H and O–H groups in total. The van der Waals surface area contributed by atoms with Gasteiger partial charge in [0.05, 0.1) is 5.02 Å². The minimum atomic E-state index is 0.0338. The molecule has 1 aromatic carbocycles. The molecule has 23 heavy (non-hydrogen) atoms. The van der Waals surface area contributed by atoms with Gasteiger partial charge in [-0.3, -0.25) is 4.79 Å². The third-order valence-corrected chi connectivity index (χ3v) is 4.40. The van der Waals surface area contributed by atoms with Gasteiger partial charge in [-0.1, -0.05) is 37.6 Å². The third kappa shape index (κ3) is 3.69. The Balaban J connectivity index is 1.69. The van der Waals surface area contributed by atoms with Crippen molar-refractivity contribution in [1.82, 2.24) is 25.1 Å². The van der Waals surface area contributed by atoms with E-state index < -0.39 is 0 Å². The Kier molecular flexibility index (Phi) is 4.61. The highest BCUT2D eigenvalue weighted by molar-refractivity contribution is 6.33. The van der Waals surface area contributed by atoms with Crippen molar-refractivity contribution in [3.63, 3.8) is 0 Å². The van der Waals surface area contributed by atoms with E-state index >= 15 is 0 Å². The molecule has 0 unspecified atom stereocenters. The molecule has 1 aromatic heterocycles. The molecule has 1 amide bonds. The molecule has 1 fully saturated rings. The third-order valence-electron chi connectivity index (χ3n) is 4.07. The number of benzene rings is 1. The summed E-state index contributed by atoms with van der Waals surface area (Å²) in [4.78, 5) is 15.7. The molecule has 7 heteroatoms. The molecule has 1 aliphatic heterocycles. The van der Waals surface area contributed by atoms with Crippen LogP contribution in [0.25, 0.3) is 11.4 Å². The molecule has 0 aliphatic carbocycles. The first-order valence-electron chi connectivity index (χ1n) is 7.83. The normalized spacial score (nSPS) is 21.4. The Morgan fingerprint density at radius 2 is 1.96 bits per heavy atom. The maximum atomic E-state index is 12.4. The number of rotatable bonds is 3. The second-order valence-corrected chi connectivity index (χ2v) is 6.78. The Morgan fingerprint density at radius 1 is 1.26 bits per heavy atom. The first-order valence-corrected chi connectivity index (χ1v) is 8.21. The van der Waals surface area contributed by atoms with Crippen molar-refractivity contribution in [3.8, 4) is 11.4 Å². The van der Waals surface area contributed by atoms with Gasteiger partial charge < -0.3 is 4.90 Å². The zero-order valence-corrected chi connectivity index (χ0v) is 14.1. The van der Waals surface area contributed by atoms with Crippen molar-refractivity contribution in [3.05, 3.63) is 29.3 Å². The van der Waals surface area contributed by atoms with E-state index in [1.807, 2.05) is 23.1 Å². The van der Waals surface area contributed by atoms with Crippen LogP contribution in [0.15, 0.2) is 24.3 Å². The molecule has 2 atom stereocenters. The summed E-state index contributed by atoms with van der Waals surface area (Å²) in [6, 6.07) is 7.32. The summed E-state index contributed by atoms with van der Waals surface area (Å²) >= 11 is 6.14. The first-order chi connectivity index (χ1) is 11.0. The summed E-state index contributed by atoms with van der Waals surface area (Å²) in [5, 5.41) is 12.8. The summed E-state index contributed by atoms with van der Waals surface area (Å²) in [5.41, 5.74) is 0.716. The standard InChI is InChI=1S/C16H20ClN5O/c1-11-7-12(2)9-21(8-11)15(23)10-22-19-16(18-20-22)13-5-3-4-6-14(13)17/h3-6,11-12H,7-10H2,1-2H3/t11-,12+. The van der Waals surface area contributed by atoms with E-state index in [0.717, 1.165) is 13.1 Å². The van der Waals surface area contributed by atoms with E-state index in [-0.39, 0.29) is 12.5 Å². The van der Waals surface area contributed by atoms with E-state index in [0.29, 0.717) is 28.2 Å². The minimum absolute atomic E-state index is 0.0338. The number of halogens is 1. The second kappa shape index (κ2) is 6.66. The molecule has 6 nitrogen and oxygen atoms in total. The monoisotopic (exact) mass is 333 g/mol. The van der Waals surface area contributed by atoms with Crippen LogP contribution in [0.3, 0.4) is 0 Å². The topological polar surface area (TPSA) is 63.9 Å². The smallest absolute Gasteiger partial charge is 0.246 e. The van der Waals surface area contributed by atoms with Gasteiger partial charge in [0.1, 0.15) is 6.54 Å². The fourth-order valence-electron chi connectivity index (χ4n) is 3.15. The summed E-state index contributed by atoms with van der Waals surface area (Å²) in [6.07, 6.45) is 1.17. The molecule has 122 valence electrons. The quantitative estimate of drug-likeness (QED) is 0.865. The van der Waals surface area contributed by atoms with Crippen molar-refractivity contribution >= 4 is 17.5 Å². The molecule has 3 rings (SSSR count). The summed E-state index contributed by atoms with van der Waals surface area (Å²) in [7, 11) is 0. The number of hydrogen-bond acceptors (Lipinski definition) is 4. The fraction of sp³-hybridized carbons (Fsp3) is 0.500. The number of nitrogens with zero attached hydrogens (tertiary/aromatic N) is 5. The number of hydrogen-bond donors (Lipinski definition) is 0. The number of amides is 1. The van der Waals surface area contributed by atoms with Gasteiger partial charge in [-0.05, 0) is 35.6 Å². The van der Waals surface area contributed by atoms with Crippen LogP contribution in [0.1, 0.15) is 20.3 Å². The van der Waals surface area contributed by atoms with E-state index in [4.69, 9.17) is 11.6 Å². The number of piperidine rings is 1. The number of tetrazole rings is 1. The Hall–Kier alpha value is -1.95. The van der Waals surface area contributed by atoms with Gasteiger partial charge in [-0.2, -0.15) is 4.80 Å². The molecule has 0 spiro atoms. The van der Waals surface area contributed by atoms with Crippen LogP contribution >= 0.6 is 11.6 Å². The zero-order valence-electron chi connectivity index (χ0n) is 13.3. The highest BCUT2D eigenvalue weighted by Gasteiger charge is 2.26. The maximum absolute atomic E-state index is 12.4. The predicted molar refractivity (Wildman–Crippen MR) is 87.8 cm³/mol. The lowest BCUT2D eigenvalue weighted by molar-refractivity contribution is -0.135. The van der Waals surface area contributed by atoms with Crippen molar-refractivity contribution in [2.24, 2.45) is 11.8 Å². The largest absolute Gasteiger partial charge is 0.340 e. The second-order valence-electron chi connectivity index (χ2n) is 6.37. The van der Waals surface area contributed by atoms with Crippen molar-refractivity contribution < 1.29 is 4.79 Å². The minimum Gasteiger partial charge on any atom is -0.340 e. The van der Waals surface area contributed by atoms with Gasteiger partial charge >= 0.3 is 0 Å². The predicted octanol–water partition coefficient (Wildman–Crippen LogP) is 2.50. The van der Waals surface area contributed by atoms with Gasteiger partial charge in [0.2, 0.25) is 11.7 Å². The van der Waals surface area contributed by atoms with Crippen molar-refractivity contribution in [2.75, 3.05) is 13.1 Å². The number of carbonyl (C=O) groups excluding carboxylic acids is 1. The molecule has 0 radical (unpaired) electrons. The van der Waals surface area contributed by atoms with E-state index in [2.05, 4.69) is 29.3 Å². The number of carbonyl (C=O) groups is 1. The molecular weight excluding hydrogens is 314 g/mol. The first kappa shape index (κ1) is 15.9. The van der Waals surface area contributed by atoms with E-state index in [1.54, 1.807) is 6.07 Å². The van der Waals surface area contributed by atoms with Gasteiger partial charge in [0.15, 0.2) is 0 Å². The average Bonchev–Trinajstić information content (AvgIpc) is 2.95. The van der Waals surface area contributed by atoms with E-state index in [1.165, 1.54) is 11.2 Å². The fourth-order valence-corrected chi connectivity index (χ4v) is 3.37. The van der Waals surface area contributed by atoms with Crippen LogP contribution in [-0.2, 0) is 11.3 Å². The summed E-state index contributed by atoms with van der Waals surface area (Å²) < 4.78 is 0. The lowest BCUT2D eigenvalue weighted by Gasteiger charge is -2.34. The molecule has 1 saturated heterocycles. The lowest BCUT2D eigenvalue weighted by atomic mass is 9.92. The molecule has 0 saturated carbocycles. The van der Waals surface area contributed by atoms with Gasteiger partial charge in [0.25, 0.3) is 0 Å². The van der Waals surface area contributed by atoms with Crippen LogP contribution in [0, 0.1) is 11.8 Å². The summed E-state index contributed by atoms with van der Waals surface area (Å²) in [6.45, 7) is 6.07. The maximum Gasteiger partial charge on any atom is 0.246 e. The highest BCUT2D eigenvalue weighted by atomic mass is 35.5. The summed E-state index contributed by atoms with van der Waals surface area (Å²) in [5.74, 6) is 1.53. The van der Waals surface area contributed by atoms with Gasteiger partial charge in [-0.15, -0.1) is 10.2 Å². The highest BCUT2D eigenvalue weighted by Crippen LogP contribution is 2.24. The van der Waals surface area contributed by atoms with Crippen LogP contribution in [0.5, 0.6) is 0 Å². The number of likely N-dealkylation sites (tertiary alicyclic amines) is 1.